The molecular weight excluding hydrogens is 564 g/mol. The number of hydrogen-bond acceptors (Lipinski definition) is 12. The lowest BCUT2D eigenvalue weighted by Crippen LogP contribution is -2.46. The molecular formula is C28H26N6O7S. The molecule has 0 saturated heterocycles. The number of aromatic nitrogens is 5. The number of nitriles is 1. The van der Waals surface area contributed by atoms with E-state index in [0.29, 0.717) is 11.3 Å². The molecule has 1 aromatic carbocycles. The van der Waals surface area contributed by atoms with Crippen molar-refractivity contribution in [1.29, 1.82) is 5.26 Å². The number of ether oxygens (including phenoxy) is 1. The number of imidazole rings is 1. The molecule has 5 aromatic rings. The van der Waals surface area contributed by atoms with E-state index in [4.69, 9.17) is 9.84 Å². The number of hydrogen-bond donors (Lipinski definition) is 6. The molecule has 0 aliphatic heterocycles. The van der Waals surface area contributed by atoms with Crippen molar-refractivity contribution in [3.63, 3.8) is 0 Å². The largest absolute Gasteiger partial charge is 0.468 e. The van der Waals surface area contributed by atoms with Crippen molar-refractivity contribution in [3.8, 4) is 33.6 Å². The Hall–Kier alpha value is -4.49. The first kappa shape index (κ1) is 29.0. The first-order valence-corrected chi connectivity index (χ1v) is 13.6. The van der Waals surface area contributed by atoms with Gasteiger partial charge in [0.2, 0.25) is 11.7 Å². The fraction of sp³-hybridized carbons (Fsp3) is 0.250. The number of H-pyrrole nitrogens is 1. The van der Waals surface area contributed by atoms with Crippen molar-refractivity contribution < 1.29 is 30.3 Å². The highest BCUT2D eigenvalue weighted by Crippen LogP contribution is 2.35. The summed E-state index contributed by atoms with van der Waals surface area (Å²) < 4.78 is 6.86. The van der Waals surface area contributed by atoms with E-state index >= 15 is 0 Å². The standard InChI is InChI=1S/C28H26N6O7S/c1-14-4-6-15(7-5-14)16-9-18(22-3-2-8-42-22)30-26(17(16)11-29)41-13-23-32-28-31-19(27(40)34(28)33-23)10-20(36)24(38)25(39)21(37)12-35/h2-10,20-21,24-25,35-39H,12-13H2,1H3,(H,31,32,33)/b19-10-/t20-,21+,24+,25+/m0/s1. The molecule has 0 saturated carbocycles. The number of aliphatic hydroxyl groups is 5. The van der Waals surface area contributed by atoms with Crippen LogP contribution in [0.25, 0.3) is 33.6 Å². The average Bonchev–Trinajstić information content (AvgIpc) is 3.74. The van der Waals surface area contributed by atoms with Gasteiger partial charge in [-0.1, -0.05) is 35.9 Å². The third-order valence-electron chi connectivity index (χ3n) is 6.51. The Kier molecular flexibility index (Phi) is 8.41. The molecule has 0 bridgehead atoms. The molecule has 0 fully saturated rings. The Morgan fingerprint density at radius 3 is 2.55 bits per heavy atom. The zero-order valence-electron chi connectivity index (χ0n) is 22.1. The van der Waals surface area contributed by atoms with Crippen LogP contribution in [0, 0.1) is 18.3 Å². The van der Waals surface area contributed by atoms with Crippen LogP contribution in [-0.4, -0.2) is 81.1 Å². The summed E-state index contributed by atoms with van der Waals surface area (Å²) in [4.78, 5) is 25.2. The van der Waals surface area contributed by atoms with E-state index in [-0.39, 0.29) is 35.0 Å². The van der Waals surface area contributed by atoms with Gasteiger partial charge in [0.05, 0.1) is 17.2 Å². The summed E-state index contributed by atoms with van der Waals surface area (Å²) >= 11 is 1.49. The number of aryl methyl sites for hydroxylation is 1. The van der Waals surface area contributed by atoms with E-state index in [1.54, 1.807) is 0 Å². The van der Waals surface area contributed by atoms with E-state index in [1.807, 2.05) is 54.8 Å². The maximum absolute atomic E-state index is 12.8. The monoisotopic (exact) mass is 590 g/mol. The minimum atomic E-state index is -1.88. The molecule has 0 unspecified atom stereocenters. The van der Waals surface area contributed by atoms with Gasteiger partial charge in [0.25, 0.3) is 5.56 Å². The topological polar surface area (TPSA) is 210 Å². The van der Waals surface area contributed by atoms with Gasteiger partial charge in [-0.15, -0.1) is 16.4 Å². The van der Waals surface area contributed by atoms with E-state index in [2.05, 4.69) is 26.1 Å². The van der Waals surface area contributed by atoms with Gasteiger partial charge < -0.3 is 35.3 Å². The lowest BCUT2D eigenvalue weighted by molar-refractivity contribution is -0.102. The quantitative estimate of drug-likeness (QED) is 0.126. The normalized spacial score (nSPS) is 14.9. The van der Waals surface area contributed by atoms with Crippen LogP contribution in [-0.2, 0) is 6.61 Å². The van der Waals surface area contributed by atoms with Crippen LogP contribution in [0.2, 0.25) is 0 Å². The van der Waals surface area contributed by atoms with Crippen LogP contribution in [0.3, 0.4) is 0 Å². The molecule has 4 heterocycles. The Balaban J connectivity index is 1.43. The summed E-state index contributed by atoms with van der Waals surface area (Å²) in [6.45, 7) is 0.921. The average molecular weight is 591 g/mol. The summed E-state index contributed by atoms with van der Waals surface area (Å²) in [5, 5.41) is 64.3. The predicted octanol–water partition coefficient (Wildman–Crippen LogP) is -0.0975. The highest BCUT2D eigenvalue weighted by atomic mass is 32.1. The molecule has 0 spiro atoms. The second kappa shape index (κ2) is 12.2. The zero-order chi connectivity index (χ0) is 30.0. The summed E-state index contributed by atoms with van der Waals surface area (Å²) in [6, 6.07) is 15.6. The van der Waals surface area contributed by atoms with Crippen molar-refractivity contribution in [2.45, 2.75) is 37.9 Å². The molecule has 4 atom stereocenters. The fourth-order valence-electron chi connectivity index (χ4n) is 4.22. The number of nitrogens with zero attached hydrogens (tertiary/aromatic N) is 5. The molecule has 14 heteroatoms. The maximum atomic E-state index is 12.8. The number of rotatable bonds is 10. The number of nitrogens with one attached hydrogen (secondary N) is 1. The first-order chi connectivity index (χ1) is 20.2. The Bertz CT molecular complexity index is 1850. The third kappa shape index (κ3) is 5.78. The van der Waals surface area contributed by atoms with Gasteiger partial charge in [0, 0.05) is 5.56 Å². The van der Waals surface area contributed by atoms with Gasteiger partial charge in [0.1, 0.15) is 41.4 Å². The minimum absolute atomic E-state index is 0.0172. The minimum Gasteiger partial charge on any atom is -0.468 e. The smallest absolute Gasteiger partial charge is 0.297 e. The molecule has 0 radical (unpaired) electrons. The Labute approximate surface area is 241 Å². The lowest BCUT2D eigenvalue weighted by Gasteiger charge is -2.23. The highest BCUT2D eigenvalue weighted by Gasteiger charge is 2.29. The number of aromatic amines is 1. The van der Waals surface area contributed by atoms with Gasteiger partial charge in [-0.25, -0.2) is 4.98 Å². The van der Waals surface area contributed by atoms with Crippen molar-refractivity contribution in [3.05, 3.63) is 80.5 Å². The van der Waals surface area contributed by atoms with Crippen molar-refractivity contribution in [1.82, 2.24) is 24.6 Å². The SMILES string of the molecule is Cc1ccc(-c2cc(-c3cccs3)nc(OCc3nc4[nH]/c(=C\[C@H](O)[C@@H](O)[C@H](O)[C@H](O)CO)c(=O)n4n3)c2C#N)cc1. The second-order valence-corrected chi connectivity index (χ2v) is 10.4. The van der Waals surface area contributed by atoms with Gasteiger partial charge >= 0.3 is 0 Å². The van der Waals surface area contributed by atoms with Crippen LogP contribution in [0.5, 0.6) is 5.88 Å². The van der Waals surface area contributed by atoms with Crippen molar-refractivity contribution in [2.24, 2.45) is 0 Å². The lowest BCUT2D eigenvalue weighted by atomic mass is 9.99. The van der Waals surface area contributed by atoms with E-state index in [9.17, 15) is 30.5 Å². The Morgan fingerprint density at radius 1 is 1.14 bits per heavy atom. The molecule has 216 valence electrons. The first-order valence-electron chi connectivity index (χ1n) is 12.7. The van der Waals surface area contributed by atoms with E-state index < -0.39 is 36.6 Å². The maximum Gasteiger partial charge on any atom is 0.297 e. The van der Waals surface area contributed by atoms with Gasteiger partial charge in [-0.2, -0.15) is 14.8 Å². The number of benzene rings is 1. The number of thiophene rings is 1. The molecule has 13 nitrogen and oxygen atoms in total. The number of fused-ring (bicyclic) bond motifs is 1. The van der Waals surface area contributed by atoms with Crippen molar-refractivity contribution >= 4 is 23.2 Å². The van der Waals surface area contributed by atoms with Crippen LogP contribution in [0.4, 0.5) is 0 Å². The van der Waals surface area contributed by atoms with E-state index in [0.717, 1.165) is 26.6 Å². The summed E-state index contributed by atoms with van der Waals surface area (Å²) in [5.74, 6) is 0.203. The fourth-order valence-corrected chi connectivity index (χ4v) is 4.91. The van der Waals surface area contributed by atoms with Crippen LogP contribution < -0.4 is 15.6 Å². The van der Waals surface area contributed by atoms with Gasteiger partial charge in [-0.05, 0) is 36.1 Å². The van der Waals surface area contributed by atoms with Crippen LogP contribution in [0.15, 0.2) is 52.6 Å². The summed E-state index contributed by atoms with van der Waals surface area (Å²) in [5.41, 5.74) is 2.69. The molecule has 4 aromatic heterocycles. The molecule has 5 rings (SSSR count). The van der Waals surface area contributed by atoms with Gasteiger partial charge in [-0.3, -0.25) is 4.79 Å². The zero-order valence-corrected chi connectivity index (χ0v) is 22.9. The van der Waals surface area contributed by atoms with E-state index in [1.165, 1.54) is 11.3 Å². The molecule has 0 amide bonds. The molecule has 42 heavy (non-hydrogen) atoms. The molecule has 6 N–H and O–H groups in total. The summed E-state index contributed by atoms with van der Waals surface area (Å²) in [6.07, 6.45) is -6.23. The van der Waals surface area contributed by atoms with Crippen LogP contribution in [0.1, 0.15) is 17.0 Å². The van der Waals surface area contributed by atoms with Crippen molar-refractivity contribution in [2.75, 3.05) is 6.61 Å². The number of aliphatic hydroxyl groups excluding tert-OH is 5. The highest BCUT2D eigenvalue weighted by molar-refractivity contribution is 7.13. The molecule has 0 aliphatic carbocycles. The predicted molar refractivity (Wildman–Crippen MR) is 151 cm³/mol. The van der Waals surface area contributed by atoms with Gasteiger partial charge in [0.15, 0.2) is 12.4 Å². The van der Waals surface area contributed by atoms with Crippen LogP contribution >= 0.6 is 11.3 Å². The number of pyridine rings is 1. The Morgan fingerprint density at radius 2 is 1.90 bits per heavy atom. The third-order valence-corrected chi connectivity index (χ3v) is 7.40. The summed E-state index contributed by atoms with van der Waals surface area (Å²) in [7, 11) is 0. The molecule has 0 aliphatic rings. The second-order valence-electron chi connectivity index (χ2n) is 9.47.